The van der Waals surface area contributed by atoms with Gasteiger partial charge in [0.05, 0.1) is 33.0 Å². The van der Waals surface area contributed by atoms with Crippen molar-refractivity contribution < 1.29 is 129 Å². The van der Waals surface area contributed by atoms with Gasteiger partial charge in [0.25, 0.3) is 0 Å². The molecule has 0 radical (unpaired) electrons. The third-order valence-corrected chi connectivity index (χ3v) is 10.3. The zero-order chi connectivity index (χ0) is 41.3. The highest BCUT2D eigenvalue weighted by Crippen LogP contribution is 2.36. The van der Waals surface area contributed by atoms with E-state index in [1.54, 1.807) is 0 Å². The van der Waals surface area contributed by atoms with E-state index in [9.17, 15) is 86.8 Å². The van der Waals surface area contributed by atoms with Gasteiger partial charge in [0.15, 0.2) is 31.5 Å². The summed E-state index contributed by atoms with van der Waals surface area (Å²) in [6, 6.07) is 0. The van der Waals surface area contributed by atoms with Crippen LogP contribution in [0.15, 0.2) is 0 Å². The second-order valence-corrected chi connectivity index (χ2v) is 13.9. The topological polar surface area (TPSA) is 427 Å². The van der Waals surface area contributed by atoms with Gasteiger partial charge in [-0.3, -0.25) is 0 Å². The van der Waals surface area contributed by atoms with Crippen LogP contribution in [0.25, 0.3) is 0 Å². The third-order valence-electron chi connectivity index (χ3n) is 10.3. The molecule has 0 aromatic carbocycles. The molecule has 0 amide bonds. The predicted molar refractivity (Wildman–Crippen MR) is 167 cm³/mol. The molecule has 5 saturated heterocycles. The van der Waals surface area contributed by atoms with Crippen molar-refractivity contribution in [2.24, 2.45) is 0 Å². The molecule has 0 spiro atoms. The standard InChI is InChI=1S/C30H52O26/c31-1-6-12(37)17(42)22(26(47)48-6)53-28-24(19(44)14(39)8(3-33)50-28)55-30-25(20(45)15(40)10(5-35)52-30)56-29-23(18(43)13(38)9(4-34)51-29)54-27-21(46)16(41)11(36)7(2-32)49-27/h6-47H,1-5H2/t6-,7-,8-,9-,10-,11-,12-,13-,14-,15-,16+,17+,18+,19+,20+,21+,22+,23+,24+,25+,26+,27-,28-,29-,30-/m1/s1. The molecule has 328 valence electrons. The van der Waals surface area contributed by atoms with Crippen molar-refractivity contribution >= 4 is 0 Å². The van der Waals surface area contributed by atoms with Crippen LogP contribution in [0.3, 0.4) is 0 Å². The Kier molecular flexibility index (Phi) is 16.1. The molecule has 0 unspecified atom stereocenters. The second kappa shape index (κ2) is 19.6. The van der Waals surface area contributed by atoms with Gasteiger partial charge >= 0.3 is 0 Å². The number of hydrogen-bond acceptors (Lipinski definition) is 26. The fraction of sp³-hybridized carbons (Fsp3) is 1.00. The fourth-order valence-corrected chi connectivity index (χ4v) is 6.95. The maximum Gasteiger partial charge on any atom is 0.187 e. The highest BCUT2D eigenvalue weighted by Gasteiger charge is 2.57. The number of aliphatic hydroxyl groups is 17. The van der Waals surface area contributed by atoms with Gasteiger partial charge in [-0.05, 0) is 0 Å². The van der Waals surface area contributed by atoms with Gasteiger partial charge in [-0.1, -0.05) is 0 Å². The summed E-state index contributed by atoms with van der Waals surface area (Å²) in [6.07, 6.45) is -48.2. The van der Waals surface area contributed by atoms with Gasteiger partial charge in [0, 0.05) is 0 Å². The lowest BCUT2D eigenvalue weighted by Gasteiger charge is -2.50. The Morgan fingerprint density at radius 2 is 0.518 bits per heavy atom. The molecule has 5 heterocycles. The number of rotatable bonds is 13. The van der Waals surface area contributed by atoms with Gasteiger partial charge < -0.3 is 129 Å². The second-order valence-electron chi connectivity index (χ2n) is 13.9. The number of hydrogen-bond donors (Lipinski definition) is 17. The van der Waals surface area contributed by atoms with E-state index in [0.717, 1.165) is 0 Å². The molecule has 56 heavy (non-hydrogen) atoms. The van der Waals surface area contributed by atoms with Crippen molar-refractivity contribution in [2.45, 2.75) is 154 Å². The molecule has 0 aromatic rings. The van der Waals surface area contributed by atoms with E-state index in [1.165, 1.54) is 0 Å². The first-order chi connectivity index (χ1) is 26.5. The van der Waals surface area contributed by atoms with Crippen molar-refractivity contribution in [1.29, 1.82) is 0 Å². The molecule has 0 bridgehead atoms. The van der Waals surface area contributed by atoms with Crippen molar-refractivity contribution in [3.63, 3.8) is 0 Å². The molecule has 26 nitrogen and oxygen atoms in total. The third kappa shape index (κ3) is 9.16. The summed E-state index contributed by atoms with van der Waals surface area (Å²) >= 11 is 0. The Morgan fingerprint density at radius 1 is 0.268 bits per heavy atom. The maximum absolute atomic E-state index is 11.3. The summed E-state index contributed by atoms with van der Waals surface area (Å²) in [5.41, 5.74) is 0. The monoisotopic (exact) mass is 828 g/mol. The Bertz CT molecular complexity index is 1210. The minimum Gasteiger partial charge on any atom is -0.394 e. The molecule has 0 saturated carbocycles. The molecule has 0 aromatic heterocycles. The summed E-state index contributed by atoms with van der Waals surface area (Å²) in [5.74, 6) is 0. The highest BCUT2D eigenvalue weighted by molar-refractivity contribution is 4.98. The Hall–Kier alpha value is -1.04. The Morgan fingerprint density at radius 3 is 0.857 bits per heavy atom. The molecule has 26 heteroatoms. The molecule has 5 aliphatic rings. The molecule has 5 rings (SSSR count). The summed E-state index contributed by atoms with van der Waals surface area (Å²) in [4.78, 5) is 0. The minimum absolute atomic E-state index is 0.833. The van der Waals surface area contributed by atoms with Crippen molar-refractivity contribution in [2.75, 3.05) is 33.0 Å². The van der Waals surface area contributed by atoms with Crippen LogP contribution >= 0.6 is 0 Å². The van der Waals surface area contributed by atoms with Crippen molar-refractivity contribution in [3.05, 3.63) is 0 Å². The molecule has 0 aliphatic carbocycles. The molecule has 25 atom stereocenters. The first-order valence-corrected chi connectivity index (χ1v) is 17.6. The minimum atomic E-state index is -2.16. The normalized spacial score (nSPS) is 53.2. The highest BCUT2D eigenvalue weighted by atomic mass is 16.8. The van der Waals surface area contributed by atoms with Crippen LogP contribution in [0, 0.1) is 0 Å². The van der Waals surface area contributed by atoms with Crippen molar-refractivity contribution in [3.8, 4) is 0 Å². The summed E-state index contributed by atoms with van der Waals surface area (Å²) in [6.45, 7) is -4.60. The van der Waals surface area contributed by atoms with Crippen LogP contribution in [0.5, 0.6) is 0 Å². The zero-order valence-electron chi connectivity index (χ0n) is 29.2. The average Bonchev–Trinajstić information content (AvgIpc) is 3.19. The molecule has 5 fully saturated rings. The van der Waals surface area contributed by atoms with Gasteiger partial charge in [-0.25, -0.2) is 0 Å². The van der Waals surface area contributed by atoms with Gasteiger partial charge in [-0.15, -0.1) is 0 Å². The molecular weight excluding hydrogens is 776 g/mol. The largest absolute Gasteiger partial charge is 0.394 e. The summed E-state index contributed by atoms with van der Waals surface area (Å²) in [7, 11) is 0. The number of aliphatic hydroxyl groups excluding tert-OH is 17. The summed E-state index contributed by atoms with van der Waals surface area (Å²) in [5, 5.41) is 177. The summed E-state index contributed by atoms with van der Waals surface area (Å²) < 4.78 is 50.2. The van der Waals surface area contributed by atoms with E-state index in [4.69, 9.17) is 42.6 Å². The lowest BCUT2D eigenvalue weighted by molar-refractivity contribution is -0.412. The predicted octanol–water partition coefficient (Wildman–Crippen LogP) is -11.9. The van der Waals surface area contributed by atoms with Crippen LogP contribution in [-0.4, -0.2) is 273 Å². The SMILES string of the molecule is OC[C@H]1O[C@H](O[C@@H]2[C@@H](O[C@@H]3[C@@H](O[C@@H]4[C@@H](O[C@H]5[C@@H](O)[C@H](O)[C@@H](CO)O[C@@H]5O)O[C@H](CO)[C@@H](O)[C@@H]4O)O[C@H](CO)[C@@H](O)[C@@H]3O)O[C@H](CO)[C@@H](O)[C@@H]2O)[C@@H](O)[C@@H](O)[C@@H]1O. The molecular formula is C30H52O26. The smallest absolute Gasteiger partial charge is 0.187 e. The van der Waals surface area contributed by atoms with Crippen LogP contribution < -0.4 is 0 Å². The fourth-order valence-electron chi connectivity index (χ4n) is 6.95. The van der Waals surface area contributed by atoms with E-state index in [0.29, 0.717) is 0 Å². The first-order valence-electron chi connectivity index (χ1n) is 17.6. The lowest BCUT2D eigenvalue weighted by atomic mass is 9.95. The first kappa shape index (κ1) is 46.0. The van der Waals surface area contributed by atoms with Crippen LogP contribution in [0.1, 0.15) is 0 Å². The van der Waals surface area contributed by atoms with E-state index in [2.05, 4.69) is 0 Å². The quantitative estimate of drug-likeness (QED) is 0.0819. The van der Waals surface area contributed by atoms with E-state index in [-0.39, 0.29) is 0 Å². The molecule has 5 aliphatic heterocycles. The van der Waals surface area contributed by atoms with E-state index in [1.807, 2.05) is 0 Å². The van der Waals surface area contributed by atoms with Crippen LogP contribution in [0.2, 0.25) is 0 Å². The van der Waals surface area contributed by atoms with Crippen molar-refractivity contribution in [1.82, 2.24) is 0 Å². The Labute approximate surface area is 316 Å². The number of ether oxygens (including phenoxy) is 9. The lowest BCUT2D eigenvalue weighted by Crippen LogP contribution is -2.68. The van der Waals surface area contributed by atoms with Gasteiger partial charge in [0.2, 0.25) is 0 Å². The zero-order valence-corrected chi connectivity index (χ0v) is 29.2. The Balaban J connectivity index is 1.45. The van der Waals surface area contributed by atoms with E-state index < -0.39 is 187 Å². The van der Waals surface area contributed by atoms with Crippen LogP contribution in [0.4, 0.5) is 0 Å². The van der Waals surface area contributed by atoms with Gasteiger partial charge in [0.1, 0.15) is 122 Å². The molecule has 17 N–H and O–H groups in total. The van der Waals surface area contributed by atoms with E-state index >= 15 is 0 Å². The van der Waals surface area contributed by atoms with Crippen LogP contribution in [-0.2, 0) is 42.6 Å². The maximum atomic E-state index is 11.3. The average molecular weight is 829 g/mol. The van der Waals surface area contributed by atoms with Gasteiger partial charge in [-0.2, -0.15) is 0 Å².